The van der Waals surface area contributed by atoms with Crippen molar-refractivity contribution in [2.24, 2.45) is 56.2 Å². The highest BCUT2D eigenvalue weighted by Gasteiger charge is 2.74. The Bertz CT molecular complexity index is 3880. The average Bonchev–Trinajstić information content (AvgIpc) is 0.667. The molecule has 45 unspecified atom stereocenters. The topological polar surface area (TPSA) is 709 Å². The number of ether oxygens (including phenoxy) is 17. The molecule has 8 saturated heterocycles. The van der Waals surface area contributed by atoms with Gasteiger partial charge in [-0.25, -0.2) is 0 Å². The van der Waals surface area contributed by atoms with Gasteiger partial charge in [0.2, 0.25) is 6.29 Å². The van der Waals surface area contributed by atoms with Gasteiger partial charge in [-0.05, 0) is 138 Å². The second kappa shape index (κ2) is 40.4. The highest BCUT2D eigenvalue weighted by Crippen LogP contribution is 2.76. The number of aliphatic hydroxyl groups is 25. The lowest BCUT2D eigenvalue weighted by Gasteiger charge is -2.72. The minimum Gasteiger partial charge on any atom is -0.432 e. The van der Waals surface area contributed by atoms with Crippen LogP contribution >= 0.6 is 0 Å². The first-order valence-corrected chi connectivity index (χ1v) is 46.3. The minimum absolute atomic E-state index is 0.0183. The van der Waals surface area contributed by atoms with Crippen LogP contribution in [0, 0.1) is 56.2 Å². The highest BCUT2D eigenvalue weighted by atomic mass is 16.8. The number of carbonyl (C=O) groups excluding carboxylic acids is 2. The van der Waals surface area contributed by atoms with E-state index in [0.29, 0.717) is 38.5 Å². The number of rotatable bonds is 25. The van der Waals surface area contributed by atoms with Gasteiger partial charge in [0, 0.05) is 11.3 Å². The maximum absolute atomic E-state index is 16.4. The molecule has 14 aliphatic rings. The molecule has 0 spiro atoms. The summed E-state index contributed by atoms with van der Waals surface area (Å²) in [4.78, 5) is 31.0. The van der Waals surface area contributed by atoms with Gasteiger partial charge in [0.25, 0.3) is 5.91 Å². The number of esters is 1. The molecule has 0 bridgehead atoms. The van der Waals surface area contributed by atoms with E-state index in [1.54, 1.807) is 0 Å². The number of fused-ring (bicyclic) bond motifs is 7. The minimum atomic E-state index is -2.23. The number of amides is 1. The Morgan fingerprint density at radius 2 is 0.970 bits per heavy atom. The Labute approximate surface area is 762 Å². The lowest BCUT2D eigenvalue weighted by molar-refractivity contribution is -0.392. The van der Waals surface area contributed by atoms with Crippen molar-refractivity contribution < 1.29 is 218 Å². The van der Waals surface area contributed by atoms with E-state index in [1.165, 1.54) is 34.6 Å². The molecule has 14 rings (SSSR count). The molecule has 45 heteroatoms. The lowest BCUT2D eigenvalue weighted by atomic mass is 9.33. The third-order valence-corrected chi connectivity index (χ3v) is 32.8. The van der Waals surface area contributed by atoms with Crippen molar-refractivity contribution in [3.63, 3.8) is 0 Å². The molecule has 8 heterocycles. The number of nitrogens with one attached hydrogen (secondary N) is 1. The summed E-state index contributed by atoms with van der Waals surface area (Å²) in [7, 11) is 0. The zero-order chi connectivity index (χ0) is 96.5. The summed E-state index contributed by atoms with van der Waals surface area (Å²) in [5, 5.41) is 285. The van der Waals surface area contributed by atoms with Crippen molar-refractivity contribution in [3.8, 4) is 0 Å². The monoisotopic (exact) mass is 1910 g/mol. The fourth-order valence-corrected chi connectivity index (χ4v) is 24.2. The molecule has 1 amide bonds. The molecular weight excluding hydrogens is 1760 g/mol. The van der Waals surface area contributed by atoms with Gasteiger partial charge < -0.3 is 214 Å². The van der Waals surface area contributed by atoms with E-state index >= 15 is 4.79 Å². The second-order valence-electron chi connectivity index (χ2n) is 41.7. The Hall–Kier alpha value is -2.96. The highest BCUT2D eigenvalue weighted by molar-refractivity contribution is 5.82. The fourth-order valence-electron chi connectivity index (χ4n) is 24.2. The van der Waals surface area contributed by atoms with Crippen LogP contribution in [0.4, 0.5) is 0 Å². The van der Waals surface area contributed by atoms with Crippen molar-refractivity contribution in [1.29, 1.82) is 0 Å². The van der Waals surface area contributed by atoms with E-state index in [-0.39, 0.29) is 38.0 Å². The summed E-state index contributed by atoms with van der Waals surface area (Å²) in [6, 6.07) is 0. The van der Waals surface area contributed by atoms with Crippen molar-refractivity contribution in [2.75, 3.05) is 46.2 Å². The Morgan fingerprint density at radius 1 is 0.432 bits per heavy atom. The number of carbonyl (C=O) groups is 2. The molecule has 0 aromatic rings. The number of hydrogen-bond donors (Lipinski definition) is 26. The molecule has 13 fully saturated rings. The summed E-state index contributed by atoms with van der Waals surface area (Å²) >= 11 is 0. The van der Waals surface area contributed by atoms with E-state index in [2.05, 4.69) is 32.2 Å². The van der Waals surface area contributed by atoms with Crippen LogP contribution in [0.1, 0.15) is 147 Å². The predicted molar refractivity (Wildman–Crippen MR) is 437 cm³/mol. The van der Waals surface area contributed by atoms with Gasteiger partial charge in [0.05, 0.1) is 101 Å². The van der Waals surface area contributed by atoms with Crippen LogP contribution in [0.5, 0.6) is 0 Å². The molecular formula is C87H143NO44. The summed E-state index contributed by atoms with van der Waals surface area (Å²) < 4.78 is 105. The Balaban J connectivity index is 0.745. The number of aliphatic hydroxyl groups excluding tert-OH is 25. The third kappa shape index (κ3) is 18.9. The van der Waals surface area contributed by atoms with Gasteiger partial charge in [0.15, 0.2) is 56.2 Å². The standard InChI is InChI=1S/C87H143NO44/c1-31-47(98)41(24-89)122-74(48(31)99)127-65-39(96)27-117-73(61(65)112)125-63-33(3)119-75(58(109)55(63)106)130-69-59(110)64(126-77-62(113)66(49(100)32(2)118-77)121-40-14-13-37(94)50(101)52(40)103)34(4)120-78(69)132-80(115)87-21-20-81(5,6)22-36(87)35-12-15-44-83(8)18-17-46(84(9,30-93)43(83)16-19-85(44,10)86(35,11)23-45(87)97)124-79-70(131-76-57(108)54(105)53(104)42(25-90)123-76)67(128-72-56(107)51(102)38(95)26-116-72)60(111)68(129-79)71(114)88-82(7,28-91)29-92/h12,31-34,36-70,72-79,89-113H,13-30H2,1-11H3,(H,88,114)/t31?,32?,33?,34?,36?,37?,38?,39?,40?,41?,42?,43?,44?,45-,46+,47?,48?,49?,50?,51?,52?,53?,54?,55?,56?,57?,58?,59?,60?,61?,62?,63?,64?,65?,66?,67?,68?,69?,70?,72?,73?,74?,75?,76?,77?,78?,79?,83+,84+,85-,86-,87-/m1/s1. The second-order valence-corrected chi connectivity index (χ2v) is 41.7. The first-order valence-electron chi connectivity index (χ1n) is 46.3. The molecule has 132 heavy (non-hydrogen) atoms. The van der Waals surface area contributed by atoms with E-state index < -0.39 is 378 Å². The number of allylic oxidation sites excluding steroid dienone is 2. The van der Waals surface area contributed by atoms with Crippen LogP contribution in [0.15, 0.2) is 11.6 Å². The van der Waals surface area contributed by atoms with Crippen molar-refractivity contribution in [1.82, 2.24) is 5.32 Å². The summed E-state index contributed by atoms with van der Waals surface area (Å²) in [5.74, 6) is -4.59. The average molecular weight is 1910 g/mol. The fraction of sp³-hybridized carbons (Fsp3) is 0.954. The zero-order valence-electron chi connectivity index (χ0n) is 75.9. The molecule has 8 aliphatic heterocycles. The van der Waals surface area contributed by atoms with E-state index in [9.17, 15) is 132 Å². The van der Waals surface area contributed by atoms with Gasteiger partial charge in [0.1, 0.15) is 158 Å². The van der Waals surface area contributed by atoms with E-state index in [4.69, 9.17) is 80.5 Å². The van der Waals surface area contributed by atoms with Crippen molar-refractivity contribution in [2.45, 2.75) is 416 Å². The molecule has 0 aromatic carbocycles. The van der Waals surface area contributed by atoms with Crippen LogP contribution < -0.4 is 5.32 Å². The molecule has 26 N–H and O–H groups in total. The van der Waals surface area contributed by atoms with E-state index in [1.807, 2.05) is 20.8 Å². The third-order valence-electron chi connectivity index (χ3n) is 32.8. The van der Waals surface area contributed by atoms with Gasteiger partial charge in [-0.15, -0.1) is 0 Å². The molecule has 0 radical (unpaired) electrons. The first-order chi connectivity index (χ1) is 62.0. The largest absolute Gasteiger partial charge is 0.432 e. The van der Waals surface area contributed by atoms with Crippen LogP contribution in [0.2, 0.25) is 0 Å². The smallest absolute Gasteiger partial charge is 0.317 e. The molecule has 5 saturated carbocycles. The van der Waals surface area contributed by atoms with Crippen molar-refractivity contribution in [3.05, 3.63) is 11.6 Å². The normalized spacial score (nSPS) is 53.5. The predicted octanol–water partition coefficient (Wildman–Crippen LogP) is -9.02. The summed E-state index contributed by atoms with van der Waals surface area (Å²) in [6.07, 6.45) is -70.8. The van der Waals surface area contributed by atoms with E-state index in [0.717, 1.165) is 5.57 Å². The Kier molecular flexibility index (Phi) is 32.1. The SMILES string of the molecule is CC1OC(OC2C(C)OC(OC(=O)[C@]34CCC(C)(C)CC3C3=CCC5[C@@]6(C)CC[C@H](OC7OC(C(=O)NC(C)(CO)CO)C(O)C(OC8OCC(O)C(O)C8O)C7OC7OC(CO)C(O)C(O)C7O)[C@@](C)(CO)C6CC[C@@]5(C)[C@]3(C)C[C@H]4O)C(OC3OC(C)C(OC4OCC(O)C(OC5OC(CO)C(O)C(C)C5O)C4O)C(O)C3O)C2O)C(O)C(OC2CCC(O)C(O)C2O)C1O. The summed E-state index contributed by atoms with van der Waals surface area (Å²) in [6.45, 7) is 14.2. The number of hydrogen-bond acceptors (Lipinski definition) is 44. The first kappa shape index (κ1) is 105. The Morgan fingerprint density at radius 3 is 1.62 bits per heavy atom. The molecule has 760 valence electrons. The van der Waals surface area contributed by atoms with Crippen molar-refractivity contribution >= 4 is 11.9 Å². The molecule has 52 atom stereocenters. The van der Waals surface area contributed by atoms with Gasteiger partial charge in [-0.1, -0.05) is 60.1 Å². The zero-order valence-corrected chi connectivity index (χ0v) is 75.9. The quantitative estimate of drug-likeness (QED) is 0.0229. The maximum atomic E-state index is 16.4. The van der Waals surface area contributed by atoms with Gasteiger partial charge >= 0.3 is 5.97 Å². The molecule has 6 aliphatic carbocycles. The molecule has 0 aromatic heterocycles. The van der Waals surface area contributed by atoms with Crippen LogP contribution in [-0.2, 0) is 90.1 Å². The van der Waals surface area contributed by atoms with Crippen LogP contribution in [0.3, 0.4) is 0 Å². The summed E-state index contributed by atoms with van der Waals surface area (Å²) in [5.41, 5.74) is -6.89. The maximum Gasteiger partial charge on any atom is 0.317 e. The van der Waals surface area contributed by atoms with Crippen LogP contribution in [-0.4, -0.2) is 455 Å². The van der Waals surface area contributed by atoms with Gasteiger partial charge in [-0.3, -0.25) is 9.59 Å². The van der Waals surface area contributed by atoms with Gasteiger partial charge in [-0.2, -0.15) is 0 Å². The van der Waals surface area contributed by atoms with Crippen LogP contribution in [0.25, 0.3) is 0 Å². The lowest BCUT2D eigenvalue weighted by Crippen LogP contribution is -2.70. The molecule has 45 nitrogen and oxygen atoms in total.